The number of nitrogens with one attached hydrogen (secondary N) is 2. The molecule has 0 radical (unpaired) electrons. The topological polar surface area (TPSA) is 121 Å². The zero-order valence-corrected chi connectivity index (χ0v) is 18.0. The number of ether oxygens (including phenoxy) is 1. The summed E-state index contributed by atoms with van der Waals surface area (Å²) in [5, 5.41) is 14.7. The summed E-state index contributed by atoms with van der Waals surface area (Å²) in [6.07, 6.45) is 2.52. The molecule has 0 spiro atoms. The molecule has 1 aliphatic rings. The zero-order valence-electron chi connectivity index (χ0n) is 17.2. The Labute approximate surface area is 184 Å². The molecule has 1 fully saturated rings. The van der Waals surface area contributed by atoms with Gasteiger partial charge in [-0.05, 0) is 37.7 Å². The molecule has 8 nitrogen and oxygen atoms in total. The number of urea groups is 1. The van der Waals surface area contributed by atoms with E-state index in [0.717, 1.165) is 24.1 Å². The molecule has 3 rings (SSSR count). The third-order valence-electron chi connectivity index (χ3n) is 4.71. The molecule has 0 saturated heterocycles. The van der Waals surface area contributed by atoms with Crippen LogP contribution in [0, 0.1) is 11.3 Å². The van der Waals surface area contributed by atoms with Crippen molar-refractivity contribution in [1.82, 2.24) is 15.6 Å². The molecule has 2 N–H and O–H groups in total. The van der Waals surface area contributed by atoms with Gasteiger partial charge in [0.1, 0.15) is 11.1 Å². The Kier molecular flexibility index (Phi) is 7.26. The second-order valence-corrected chi connectivity index (χ2v) is 7.87. The van der Waals surface area contributed by atoms with Crippen LogP contribution in [-0.2, 0) is 16.1 Å². The van der Waals surface area contributed by atoms with Crippen LogP contribution in [0.4, 0.5) is 4.79 Å². The van der Waals surface area contributed by atoms with Crippen molar-refractivity contribution >= 4 is 29.7 Å². The molecule has 1 saturated carbocycles. The second kappa shape index (κ2) is 10.1. The number of aromatic nitrogens is 1. The molecule has 31 heavy (non-hydrogen) atoms. The number of thioether (sulfide) groups is 1. The lowest BCUT2D eigenvalue weighted by molar-refractivity contribution is -0.127. The van der Waals surface area contributed by atoms with Gasteiger partial charge in [-0.15, -0.1) is 11.8 Å². The molecule has 2 aromatic rings. The molecule has 3 amide bonds. The maximum atomic E-state index is 12.7. The Morgan fingerprint density at radius 2 is 2.00 bits per heavy atom. The number of imide groups is 1. The van der Waals surface area contributed by atoms with Crippen molar-refractivity contribution < 1.29 is 19.1 Å². The number of pyridine rings is 1. The molecular weight excluding hydrogens is 416 g/mol. The van der Waals surface area contributed by atoms with E-state index in [1.165, 1.54) is 18.7 Å². The van der Waals surface area contributed by atoms with Gasteiger partial charge in [0.15, 0.2) is 6.10 Å². The number of nitrogens with zero attached hydrogens (tertiary/aromatic N) is 2. The van der Waals surface area contributed by atoms with Gasteiger partial charge in [0, 0.05) is 18.2 Å². The molecular formula is C22H22N4O4S. The van der Waals surface area contributed by atoms with Gasteiger partial charge in [0.25, 0.3) is 5.91 Å². The number of hydrogen-bond donors (Lipinski definition) is 2. The minimum absolute atomic E-state index is 0.0805. The first-order chi connectivity index (χ1) is 14.9. The van der Waals surface area contributed by atoms with Crippen molar-refractivity contribution in [3.8, 4) is 6.07 Å². The molecule has 1 aliphatic carbocycles. The number of benzene rings is 1. The van der Waals surface area contributed by atoms with Gasteiger partial charge in [-0.2, -0.15) is 5.26 Å². The maximum absolute atomic E-state index is 12.7. The summed E-state index contributed by atoms with van der Waals surface area (Å²) in [6.45, 7) is 1.61. The van der Waals surface area contributed by atoms with Gasteiger partial charge in [0.05, 0.1) is 11.1 Å². The van der Waals surface area contributed by atoms with E-state index in [1.807, 2.05) is 36.4 Å². The number of rotatable bonds is 7. The van der Waals surface area contributed by atoms with Crippen LogP contribution in [-0.4, -0.2) is 35.3 Å². The second-order valence-electron chi connectivity index (χ2n) is 7.07. The van der Waals surface area contributed by atoms with E-state index in [-0.39, 0.29) is 23.6 Å². The predicted molar refractivity (Wildman–Crippen MR) is 114 cm³/mol. The number of carbonyl (C=O) groups excluding carboxylic acids is 3. The summed E-state index contributed by atoms with van der Waals surface area (Å²) in [5.74, 6) is -1.29. The molecule has 1 aromatic heterocycles. The van der Waals surface area contributed by atoms with Crippen LogP contribution in [0.5, 0.6) is 0 Å². The summed E-state index contributed by atoms with van der Waals surface area (Å²) < 4.78 is 5.24. The van der Waals surface area contributed by atoms with Crippen molar-refractivity contribution in [2.45, 2.75) is 43.4 Å². The first-order valence-corrected chi connectivity index (χ1v) is 11.0. The highest BCUT2D eigenvalue weighted by Crippen LogP contribution is 2.40. The van der Waals surface area contributed by atoms with Crippen LogP contribution in [0.25, 0.3) is 0 Å². The molecule has 0 aliphatic heterocycles. The summed E-state index contributed by atoms with van der Waals surface area (Å²) in [7, 11) is 0. The van der Waals surface area contributed by atoms with Crippen LogP contribution in [0.15, 0.2) is 41.4 Å². The van der Waals surface area contributed by atoms with Crippen molar-refractivity contribution in [1.29, 1.82) is 5.26 Å². The van der Waals surface area contributed by atoms with Crippen molar-refractivity contribution in [3.63, 3.8) is 0 Å². The molecule has 1 atom stereocenters. The van der Waals surface area contributed by atoms with Crippen LogP contribution in [0.3, 0.4) is 0 Å². The summed E-state index contributed by atoms with van der Waals surface area (Å²) >= 11 is 1.27. The normalized spacial score (nSPS) is 13.6. The van der Waals surface area contributed by atoms with Crippen molar-refractivity contribution in [2.24, 2.45) is 0 Å². The minimum Gasteiger partial charge on any atom is -0.449 e. The number of amides is 3. The fourth-order valence-corrected chi connectivity index (χ4v) is 3.42. The number of carbonyl (C=O) groups is 3. The van der Waals surface area contributed by atoms with E-state index < -0.39 is 24.0 Å². The van der Waals surface area contributed by atoms with Gasteiger partial charge in [0.2, 0.25) is 0 Å². The Morgan fingerprint density at radius 1 is 1.29 bits per heavy atom. The fourth-order valence-electron chi connectivity index (χ4n) is 2.86. The van der Waals surface area contributed by atoms with Crippen molar-refractivity contribution in [3.05, 3.63) is 58.8 Å². The van der Waals surface area contributed by atoms with E-state index in [4.69, 9.17) is 4.74 Å². The molecule has 0 bridgehead atoms. The summed E-state index contributed by atoms with van der Waals surface area (Å²) in [5.41, 5.74) is 1.82. The van der Waals surface area contributed by atoms with Gasteiger partial charge in [-0.25, -0.2) is 14.6 Å². The maximum Gasteiger partial charge on any atom is 0.340 e. The van der Waals surface area contributed by atoms with E-state index in [2.05, 4.69) is 15.6 Å². The molecule has 9 heteroatoms. The smallest absolute Gasteiger partial charge is 0.340 e. The van der Waals surface area contributed by atoms with E-state index in [0.29, 0.717) is 5.03 Å². The van der Waals surface area contributed by atoms with Crippen LogP contribution in [0.2, 0.25) is 0 Å². The Morgan fingerprint density at radius 3 is 2.61 bits per heavy atom. The molecule has 1 aromatic carbocycles. The monoisotopic (exact) mass is 438 g/mol. The minimum atomic E-state index is -1.23. The first kappa shape index (κ1) is 22.3. The summed E-state index contributed by atoms with van der Waals surface area (Å²) in [6, 6.07) is 12.1. The highest BCUT2D eigenvalue weighted by molar-refractivity contribution is 7.98. The molecule has 1 unspecified atom stereocenters. The number of esters is 1. The van der Waals surface area contributed by atoms with Gasteiger partial charge in [-0.1, -0.05) is 30.3 Å². The van der Waals surface area contributed by atoms with Crippen molar-refractivity contribution in [2.75, 3.05) is 6.26 Å². The Balaban J connectivity index is 1.62. The van der Waals surface area contributed by atoms with E-state index >= 15 is 0 Å². The third kappa shape index (κ3) is 5.83. The van der Waals surface area contributed by atoms with Crippen LogP contribution >= 0.6 is 11.8 Å². The first-order valence-electron chi connectivity index (χ1n) is 9.75. The lowest BCUT2D eigenvalue weighted by atomic mass is 10.1. The Hall–Kier alpha value is -3.38. The highest BCUT2D eigenvalue weighted by Gasteiger charge is 2.30. The van der Waals surface area contributed by atoms with E-state index in [9.17, 15) is 19.6 Å². The number of nitriles is 1. The van der Waals surface area contributed by atoms with Crippen LogP contribution in [0.1, 0.15) is 52.9 Å². The quantitative estimate of drug-likeness (QED) is 0.503. The fraction of sp³-hybridized carbons (Fsp3) is 0.318. The summed E-state index contributed by atoms with van der Waals surface area (Å²) in [4.78, 5) is 41.4. The molecule has 1 heterocycles. The highest BCUT2D eigenvalue weighted by atomic mass is 32.2. The van der Waals surface area contributed by atoms with E-state index in [1.54, 1.807) is 12.3 Å². The SMILES string of the molecule is CSc1nc(C2CC2)cc(C(=O)OC(C)C(=O)NC(=O)NCc2ccccc2)c1C#N. The average molecular weight is 439 g/mol. The lowest BCUT2D eigenvalue weighted by Gasteiger charge is -2.15. The van der Waals surface area contributed by atoms with Gasteiger partial charge in [-0.3, -0.25) is 10.1 Å². The number of hydrogen-bond acceptors (Lipinski definition) is 7. The average Bonchev–Trinajstić information content (AvgIpc) is 3.62. The predicted octanol–water partition coefficient (Wildman–Crippen LogP) is 3.12. The van der Waals surface area contributed by atoms with Gasteiger partial charge < -0.3 is 10.1 Å². The van der Waals surface area contributed by atoms with Crippen LogP contribution < -0.4 is 10.6 Å². The van der Waals surface area contributed by atoms with Gasteiger partial charge >= 0.3 is 12.0 Å². The lowest BCUT2D eigenvalue weighted by Crippen LogP contribution is -2.44. The zero-order chi connectivity index (χ0) is 22.4. The molecule has 160 valence electrons. The third-order valence-corrected chi connectivity index (χ3v) is 5.39. The largest absolute Gasteiger partial charge is 0.449 e. The Bertz CT molecular complexity index is 1030. The standard InChI is InChI=1S/C22H22N4O4S/c1-13(19(27)26-22(29)24-12-14-6-4-3-5-7-14)30-21(28)16-10-18(15-8-9-15)25-20(31-2)17(16)11-23/h3-7,10,13,15H,8-9,12H2,1-2H3,(H2,24,26,27,29).